The fourth-order valence-corrected chi connectivity index (χ4v) is 1.18. The first-order valence-electron chi connectivity index (χ1n) is 5.54. The maximum Gasteiger partial charge on any atom is 0.221 e. The maximum absolute atomic E-state index is 11.4. The Morgan fingerprint density at radius 1 is 1.53 bits per heavy atom. The predicted molar refractivity (Wildman–Crippen MR) is 61.4 cm³/mol. The quantitative estimate of drug-likeness (QED) is 0.584. The van der Waals surface area contributed by atoms with Crippen molar-refractivity contribution in [2.45, 2.75) is 46.1 Å². The summed E-state index contributed by atoms with van der Waals surface area (Å²) in [6, 6.07) is -0.0489. The van der Waals surface area contributed by atoms with E-state index in [4.69, 9.17) is 10.8 Å². The average Bonchev–Trinajstić information content (AvgIpc) is 2.15. The summed E-state index contributed by atoms with van der Waals surface area (Å²) in [5.74, 6) is -0.0301. The van der Waals surface area contributed by atoms with Crippen LogP contribution in [-0.2, 0) is 4.79 Å². The van der Waals surface area contributed by atoms with Crippen LogP contribution in [0.2, 0.25) is 0 Å². The summed E-state index contributed by atoms with van der Waals surface area (Å²) in [6.45, 7) is 6.40. The fraction of sp³-hybridized carbons (Fsp3) is 0.909. The van der Waals surface area contributed by atoms with Crippen LogP contribution in [0.1, 0.15) is 40.0 Å². The molecule has 4 heteroatoms. The topological polar surface area (TPSA) is 75.4 Å². The lowest BCUT2D eigenvalue weighted by Gasteiger charge is -2.22. The third-order valence-electron chi connectivity index (χ3n) is 2.30. The van der Waals surface area contributed by atoms with Crippen LogP contribution in [0, 0.1) is 5.41 Å². The maximum atomic E-state index is 11.4. The van der Waals surface area contributed by atoms with E-state index < -0.39 is 0 Å². The van der Waals surface area contributed by atoms with Gasteiger partial charge in [-0.15, -0.1) is 0 Å². The third kappa shape index (κ3) is 7.33. The van der Waals surface area contributed by atoms with Crippen LogP contribution in [0.4, 0.5) is 0 Å². The van der Waals surface area contributed by atoms with Crippen LogP contribution in [0.5, 0.6) is 0 Å². The highest BCUT2D eigenvalue weighted by Crippen LogP contribution is 2.11. The van der Waals surface area contributed by atoms with Crippen LogP contribution in [0.25, 0.3) is 0 Å². The zero-order valence-corrected chi connectivity index (χ0v) is 10.0. The lowest BCUT2D eigenvalue weighted by atomic mass is 9.95. The van der Waals surface area contributed by atoms with Crippen LogP contribution in [0.15, 0.2) is 0 Å². The summed E-state index contributed by atoms with van der Waals surface area (Å²) in [7, 11) is 0. The van der Waals surface area contributed by atoms with E-state index >= 15 is 0 Å². The number of nitrogens with one attached hydrogen (secondary N) is 1. The van der Waals surface area contributed by atoms with Gasteiger partial charge in [0.25, 0.3) is 0 Å². The molecular formula is C11H24N2O2. The van der Waals surface area contributed by atoms with Crippen molar-refractivity contribution < 1.29 is 9.90 Å². The highest BCUT2D eigenvalue weighted by molar-refractivity contribution is 5.76. The summed E-state index contributed by atoms with van der Waals surface area (Å²) in [5, 5.41) is 11.8. The van der Waals surface area contributed by atoms with Crippen molar-refractivity contribution in [3.63, 3.8) is 0 Å². The highest BCUT2D eigenvalue weighted by atomic mass is 16.3. The Morgan fingerprint density at radius 3 is 2.60 bits per heavy atom. The Hall–Kier alpha value is -0.610. The Morgan fingerprint density at radius 2 is 2.13 bits per heavy atom. The molecule has 0 saturated carbocycles. The second kappa shape index (κ2) is 6.80. The molecule has 0 saturated heterocycles. The molecule has 0 heterocycles. The first kappa shape index (κ1) is 14.4. The Bertz CT molecular complexity index is 193. The molecule has 90 valence electrons. The lowest BCUT2D eigenvalue weighted by molar-refractivity contribution is -0.122. The third-order valence-corrected chi connectivity index (χ3v) is 2.30. The minimum Gasteiger partial charge on any atom is -0.396 e. The van der Waals surface area contributed by atoms with Gasteiger partial charge in [0.15, 0.2) is 0 Å². The van der Waals surface area contributed by atoms with Gasteiger partial charge in [0.2, 0.25) is 5.91 Å². The van der Waals surface area contributed by atoms with Crippen molar-refractivity contribution >= 4 is 5.91 Å². The van der Waals surface area contributed by atoms with Crippen LogP contribution in [0.3, 0.4) is 0 Å². The summed E-state index contributed by atoms with van der Waals surface area (Å²) < 4.78 is 0. The van der Waals surface area contributed by atoms with Crippen molar-refractivity contribution in [1.82, 2.24) is 5.32 Å². The van der Waals surface area contributed by atoms with Gasteiger partial charge in [0.05, 0.1) is 0 Å². The van der Waals surface area contributed by atoms with E-state index in [0.717, 1.165) is 12.8 Å². The Labute approximate surface area is 92.2 Å². The smallest absolute Gasteiger partial charge is 0.221 e. The number of rotatable bonds is 7. The Balaban J connectivity index is 3.75. The Kier molecular flexibility index (Phi) is 6.52. The molecule has 0 aliphatic rings. The molecule has 4 N–H and O–H groups in total. The van der Waals surface area contributed by atoms with E-state index in [9.17, 15) is 4.79 Å². The molecule has 1 amide bonds. The van der Waals surface area contributed by atoms with Gasteiger partial charge in [-0.25, -0.2) is 0 Å². The van der Waals surface area contributed by atoms with E-state index in [-0.39, 0.29) is 24.0 Å². The van der Waals surface area contributed by atoms with Gasteiger partial charge in [-0.1, -0.05) is 27.2 Å². The summed E-state index contributed by atoms with van der Waals surface area (Å²) >= 11 is 0. The van der Waals surface area contributed by atoms with Gasteiger partial charge >= 0.3 is 0 Å². The molecule has 0 rings (SSSR count). The summed E-state index contributed by atoms with van der Waals surface area (Å²) in [5.41, 5.74) is 5.49. The van der Waals surface area contributed by atoms with E-state index in [1.807, 2.05) is 20.8 Å². The van der Waals surface area contributed by atoms with E-state index in [2.05, 4.69) is 5.32 Å². The van der Waals surface area contributed by atoms with Crippen molar-refractivity contribution in [3.8, 4) is 0 Å². The molecular weight excluding hydrogens is 192 g/mol. The second-order valence-electron chi connectivity index (χ2n) is 4.85. The number of hydrogen-bond donors (Lipinski definition) is 3. The summed E-state index contributed by atoms with van der Waals surface area (Å²) in [6.07, 6.45) is 2.24. The first-order chi connectivity index (χ1) is 6.91. The molecule has 0 spiro atoms. The minimum atomic E-state index is -0.259. The standard InChI is InChI=1S/C11H24N2O2/c1-4-5-9(12)6-10(15)13-7-11(2,3)8-14/h9,14H,4-8,12H2,1-3H3,(H,13,15). The van der Waals surface area contributed by atoms with Crippen molar-refractivity contribution in [2.75, 3.05) is 13.2 Å². The molecule has 1 unspecified atom stereocenters. The van der Waals surface area contributed by atoms with E-state index in [1.165, 1.54) is 0 Å². The number of aliphatic hydroxyl groups is 1. The van der Waals surface area contributed by atoms with Crippen LogP contribution >= 0.6 is 0 Å². The van der Waals surface area contributed by atoms with Gasteiger partial charge in [-0.2, -0.15) is 0 Å². The van der Waals surface area contributed by atoms with Gasteiger partial charge in [0, 0.05) is 31.0 Å². The molecule has 0 bridgehead atoms. The zero-order chi connectivity index (χ0) is 11.9. The molecule has 0 radical (unpaired) electrons. The van der Waals surface area contributed by atoms with Crippen LogP contribution in [-0.4, -0.2) is 30.2 Å². The van der Waals surface area contributed by atoms with Gasteiger partial charge in [-0.3, -0.25) is 4.79 Å². The van der Waals surface area contributed by atoms with Crippen LogP contribution < -0.4 is 11.1 Å². The molecule has 15 heavy (non-hydrogen) atoms. The number of carbonyl (C=O) groups is 1. The SMILES string of the molecule is CCCC(N)CC(=O)NCC(C)(C)CO. The average molecular weight is 216 g/mol. The zero-order valence-electron chi connectivity index (χ0n) is 10.0. The number of amides is 1. The number of carbonyl (C=O) groups excluding carboxylic acids is 1. The molecule has 1 atom stereocenters. The summed E-state index contributed by atoms with van der Waals surface area (Å²) in [4.78, 5) is 11.4. The fourth-order valence-electron chi connectivity index (χ4n) is 1.18. The molecule has 0 aliphatic heterocycles. The minimum absolute atomic E-state index is 0.0301. The van der Waals surface area contributed by atoms with Gasteiger partial charge in [-0.05, 0) is 6.42 Å². The molecule has 4 nitrogen and oxygen atoms in total. The monoisotopic (exact) mass is 216 g/mol. The molecule has 0 aromatic heterocycles. The lowest BCUT2D eigenvalue weighted by Crippen LogP contribution is -2.38. The number of hydrogen-bond acceptors (Lipinski definition) is 3. The van der Waals surface area contributed by atoms with Crippen molar-refractivity contribution in [1.29, 1.82) is 0 Å². The molecule has 0 fully saturated rings. The normalized spacial score (nSPS) is 13.7. The number of aliphatic hydroxyl groups excluding tert-OH is 1. The van der Waals surface area contributed by atoms with E-state index in [0.29, 0.717) is 13.0 Å². The van der Waals surface area contributed by atoms with Crippen molar-refractivity contribution in [3.05, 3.63) is 0 Å². The molecule has 0 aromatic rings. The molecule has 0 aromatic carbocycles. The van der Waals surface area contributed by atoms with Crippen molar-refractivity contribution in [2.24, 2.45) is 11.1 Å². The number of nitrogens with two attached hydrogens (primary N) is 1. The molecule has 0 aliphatic carbocycles. The predicted octanol–water partition coefficient (Wildman–Crippen LogP) is 0.639. The second-order valence-corrected chi connectivity index (χ2v) is 4.85. The highest BCUT2D eigenvalue weighted by Gasteiger charge is 2.18. The van der Waals surface area contributed by atoms with Gasteiger partial charge < -0.3 is 16.2 Å². The first-order valence-corrected chi connectivity index (χ1v) is 5.54. The largest absolute Gasteiger partial charge is 0.396 e. The van der Waals surface area contributed by atoms with E-state index in [1.54, 1.807) is 0 Å². The van der Waals surface area contributed by atoms with Gasteiger partial charge in [0.1, 0.15) is 0 Å².